The van der Waals surface area contributed by atoms with Crippen LogP contribution in [0.25, 0.3) is 10.8 Å². The van der Waals surface area contributed by atoms with Gasteiger partial charge in [-0.1, -0.05) is 60.3 Å². The fourth-order valence-corrected chi connectivity index (χ4v) is 4.12. The number of rotatable bonds is 7. The van der Waals surface area contributed by atoms with E-state index < -0.39 is 0 Å². The molecule has 1 aromatic heterocycles. The van der Waals surface area contributed by atoms with E-state index >= 15 is 0 Å². The summed E-state index contributed by atoms with van der Waals surface area (Å²) in [5.41, 5.74) is 1.94. The number of nitrogens with one attached hydrogen (secondary N) is 1. The van der Waals surface area contributed by atoms with Crippen molar-refractivity contribution in [3.63, 3.8) is 0 Å². The quantitative estimate of drug-likeness (QED) is 0.409. The average molecular weight is 433 g/mol. The molecule has 0 saturated carbocycles. The van der Waals surface area contributed by atoms with Crippen molar-refractivity contribution in [3.8, 4) is 5.75 Å². The van der Waals surface area contributed by atoms with Crippen molar-refractivity contribution >= 4 is 34.1 Å². The van der Waals surface area contributed by atoms with Crippen LogP contribution in [0.15, 0.2) is 71.9 Å². The minimum atomic E-state index is -0.266. The number of fused-ring (bicyclic) bond motifs is 1. The Morgan fingerprint density at radius 3 is 2.71 bits per heavy atom. The Balaban J connectivity index is 1.39. The second-order valence-corrected chi connectivity index (χ2v) is 8.28. The molecule has 6 nitrogen and oxygen atoms in total. The smallest absolute Gasteiger partial charge is 0.234 e. The number of hydrogen-bond donors (Lipinski definition) is 1. The highest BCUT2D eigenvalue weighted by Crippen LogP contribution is 2.26. The van der Waals surface area contributed by atoms with E-state index in [1.807, 2.05) is 92.2 Å². The molecule has 1 amide bonds. The zero-order valence-corrected chi connectivity index (χ0v) is 18.5. The summed E-state index contributed by atoms with van der Waals surface area (Å²) >= 11 is 1.35. The summed E-state index contributed by atoms with van der Waals surface area (Å²) in [5, 5.41) is 14.3. The Bertz CT molecular complexity index is 1220. The van der Waals surface area contributed by atoms with Gasteiger partial charge in [0.25, 0.3) is 0 Å². The summed E-state index contributed by atoms with van der Waals surface area (Å²) in [6.07, 6.45) is -0.266. The molecule has 4 aromatic rings. The first-order valence-electron chi connectivity index (χ1n) is 10.0. The monoisotopic (exact) mass is 432 g/mol. The lowest BCUT2D eigenvalue weighted by molar-refractivity contribution is -0.113. The zero-order valence-electron chi connectivity index (χ0n) is 17.7. The third-order valence-corrected chi connectivity index (χ3v) is 5.95. The van der Waals surface area contributed by atoms with Crippen LogP contribution in [-0.2, 0) is 11.8 Å². The molecule has 1 N–H and O–H groups in total. The maximum Gasteiger partial charge on any atom is 0.234 e. The molecule has 0 bridgehead atoms. The van der Waals surface area contributed by atoms with Crippen LogP contribution in [0.2, 0.25) is 0 Å². The Morgan fingerprint density at radius 1 is 1.10 bits per heavy atom. The molecule has 0 aliphatic carbocycles. The zero-order chi connectivity index (χ0) is 21.8. The van der Waals surface area contributed by atoms with E-state index in [9.17, 15) is 4.79 Å². The number of hydrogen-bond acceptors (Lipinski definition) is 5. The molecule has 0 aliphatic heterocycles. The summed E-state index contributed by atoms with van der Waals surface area (Å²) < 4.78 is 7.88. The largest absolute Gasteiger partial charge is 0.483 e. The maximum atomic E-state index is 12.5. The molecule has 158 valence electrons. The predicted molar refractivity (Wildman–Crippen MR) is 125 cm³/mol. The molecule has 31 heavy (non-hydrogen) atoms. The average Bonchev–Trinajstić information content (AvgIpc) is 3.13. The topological polar surface area (TPSA) is 69.0 Å². The maximum absolute atomic E-state index is 12.5. The van der Waals surface area contributed by atoms with Crippen molar-refractivity contribution in [2.75, 3.05) is 11.1 Å². The third-order valence-electron chi connectivity index (χ3n) is 4.93. The third kappa shape index (κ3) is 4.88. The first-order valence-corrected chi connectivity index (χ1v) is 11.0. The van der Waals surface area contributed by atoms with Crippen LogP contribution in [0, 0.1) is 6.92 Å². The molecule has 1 atom stereocenters. The van der Waals surface area contributed by atoms with Crippen LogP contribution in [-0.4, -0.2) is 26.4 Å². The van der Waals surface area contributed by atoms with Crippen molar-refractivity contribution < 1.29 is 9.53 Å². The van der Waals surface area contributed by atoms with Gasteiger partial charge in [-0.05, 0) is 43.0 Å². The van der Waals surface area contributed by atoms with Crippen LogP contribution in [0.3, 0.4) is 0 Å². The molecule has 3 aromatic carbocycles. The SMILES string of the molecule is Cc1cccc(OC(C)c2nnc(SCC(=O)Nc3cccc4ccccc34)n2C)c1. The standard InChI is InChI=1S/C24H24N4O2S/c1-16-8-6-11-19(14-16)30-17(2)23-26-27-24(28(23)3)31-15-22(29)25-21-13-7-10-18-9-4-5-12-20(18)21/h4-14,17H,15H2,1-3H3,(H,25,29). The lowest BCUT2D eigenvalue weighted by atomic mass is 10.1. The Hall–Kier alpha value is -3.32. The van der Waals surface area contributed by atoms with Crippen molar-refractivity contribution in [1.82, 2.24) is 14.8 Å². The van der Waals surface area contributed by atoms with E-state index in [4.69, 9.17) is 4.74 Å². The van der Waals surface area contributed by atoms with Crippen LogP contribution in [0.5, 0.6) is 5.75 Å². The Kier molecular flexibility index (Phi) is 6.23. The number of anilines is 1. The molecular formula is C24H24N4O2S. The molecular weight excluding hydrogens is 408 g/mol. The van der Waals surface area contributed by atoms with Gasteiger partial charge >= 0.3 is 0 Å². The molecule has 0 spiro atoms. The molecule has 0 aliphatic rings. The van der Waals surface area contributed by atoms with Gasteiger partial charge in [0.2, 0.25) is 5.91 Å². The Morgan fingerprint density at radius 2 is 1.87 bits per heavy atom. The molecule has 0 fully saturated rings. The van der Waals surface area contributed by atoms with Gasteiger partial charge in [0.05, 0.1) is 5.75 Å². The van der Waals surface area contributed by atoms with Crippen LogP contribution in [0.1, 0.15) is 24.4 Å². The van der Waals surface area contributed by atoms with Gasteiger partial charge in [-0.3, -0.25) is 4.79 Å². The summed E-state index contributed by atoms with van der Waals surface area (Å²) in [7, 11) is 1.89. The number of ether oxygens (including phenoxy) is 1. The molecule has 4 rings (SSSR count). The minimum Gasteiger partial charge on any atom is -0.483 e. The Labute approximate surface area is 185 Å². The summed E-state index contributed by atoms with van der Waals surface area (Å²) in [4.78, 5) is 12.5. The van der Waals surface area contributed by atoms with Crippen molar-refractivity contribution in [3.05, 3.63) is 78.1 Å². The normalized spacial score (nSPS) is 12.0. The lowest BCUT2D eigenvalue weighted by Gasteiger charge is -2.14. The van der Waals surface area contributed by atoms with Gasteiger partial charge in [-0.25, -0.2) is 0 Å². The van der Waals surface area contributed by atoms with Gasteiger partial charge in [0.15, 0.2) is 17.1 Å². The van der Waals surface area contributed by atoms with Gasteiger partial charge in [-0.15, -0.1) is 10.2 Å². The second-order valence-electron chi connectivity index (χ2n) is 7.34. The number of benzene rings is 3. The van der Waals surface area contributed by atoms with Gasteiger partial charge in [-0.2, -0.15) is 0 Å². The van der Waals surface area contributed by atoms with E-state index in [2.05, 4.69) is 15.5 Å². The second kappa shape index (κ2) is 9.22. The van der Waals surface area contributed by atoms with Gasteiger partial charge in [0.1, 0.15) is 5.75 Å². The van der Waals surface area contributed by atoms with Crippen molar-refractivity contribution in [2.45, 2.75) is 25.1 Å². The highest BCUT2D eigenvalue weighted by Gasteiger charge is 2.18. The molecule has 0 saturated heterocycles. The van der Waals surface area contributed by atoms with Gasteiger partial charge in [0, 0.05) is 18.1 Å². The molecule has 0 radical (unpaired) electrons. The van der Waals surface area contributed by atoms with Crippen LogP contribution in [0.4, 0.5) is 5.69 Å². The fraction of sp³-hybridized carbons (Fsp3) is 0.208. The van der Waals surface area contributed by atoms with E-state index in [1.165, 1.54) is 11.8 Å². The van der Waals surface area contributed by atoms with Gasteiger partial charge < -0.3 is 14.6 Å². The molecule has 1 unspecified atom stereocenters. The number of aryl methyl sites for hydroxylation is 1. The number of carbonyl (C=O) groups is 1. The van der Waals surface area contributed by atoms with Crippen LogP contribution >= 0.6 is 11.8 Å². The summed E-state index contributed by atoms with van der Waals surface area (Å²) in [5.74, 6) is 1.65. The van der Waals surface area contributed by atoms with Crippen molar-refractivity contribution in [1.29, 1.82) is 0 Å². The van der Waals surface area contributed by atoms with E-state index in [0.717, 1.165) is 27.8 Å². The molecule has 1 heterocycles. The summed E-state index contributed by atoms with van der Waals surface area (Å²) in [6, 6.07) is 21.8. The number of carbonyl (C=O) groups excluding carboxylic acids is 1. The first-order chi connectivity index (χ1) is 15.0. The number of nitrogens with zero attached hydrogens (tertiary/aromatic N) is 3. The van der Waals surface area contributed by atoms with E-state index in [-0.39, 0.29) is 17.8 Å². The number of thioether (sulfide) groups is 1. The first kappa shape index (κ1) is 20.9. The fourth-order valence-electron chi connectivity index (χ4n) is 3.40. The summed E-state index contributed by atoms with van der Waals surface area (Å²) in [6.45, 7) is 3.96. The minimum absolute atomic E-state index is 0.0880. The number of amides is 1. The lowest BCUT2D eigenvalue weighted by Crippen LogP contribution is -2.15. The van der Waals surface area contributed by atoms with Crippen molar-refractivity contribution in [2.24, 2.45) is 7.05 Å². The highest BCUT2D eigenvalue weighted by atomic mass is 32.2. The highest BCUT2D eigenvalue weighted by molar-refractivity contribution is 7.99. The molecule has 7 heteroatoms. The van der Waals surface area contributed by atoms with Crippen LogP contribution < -0.4 is 10.1 Å². The predicted octanol–water partition coefficient (Wildman–Crippen LogP) is 5.15. The number of aromatic nitrogens is 3. The van der Waals surface area contributed by atoms with E-state index in [0.29, 0.717) is 11.0 Å². The van der Waals surface area contributed by atoms with E-state index in [1.54, 1.807) is 0 Å².